The smallest absolute Gasteiger partial charge is 0.369 e. The highest BCUT2D eigenvalue weighted by Crippen LogP contribution is 2.49. The molecule has 0 radical (unpaired) electrons. The molecule has 5 rings (SSSR count). The lowest BCUT2D eigenvalue weighted by Gasteiger charge is -2.28. The Labute approximate surface area is 216 Å². The number of benzene rings is 3. The van der Waals surface area contributed by atoms with Crippen LogP contribution in [0.4, 0.5) is 28.3 Å². The Morgan fingerprint density at radius 2 is 1.68 bits per heavy atom. The average molecular weight is 549 g/mol. The molecule has 0 atom stereocenters. The van der Waals surface area contributed by atoms with Gasteiger partial charge < -0.3 is 4.90 Å². The van der Waals surface area contributed by atoms with E-state index in [1.807, 2.05) is 25.1 Å². The summed E-state index contributed by atoms with van der Waals surface area (Å²) in [4.78, 5) is 2.18. The van der Waals surface area contributed by atoms with Crippen LogP contribution >= 0.6 is 11.3 Å². The summed E-state index contributed by atoms with van der Waals surface area (Å²) in [5, 5.41) is 1.38. The van der Waals surface area contributed by atoms with Gasteiger partial charge in [-0.25, -0.2) is 12.8 Å². The fourth-order valence-corrected chi connectivity index (χ4v) is 7.73. The van der Waals surface area contributed by atoms with Crippen molar-refractivity contribution in [2.75, 3.05) is 22.3 Å². The standard InChI is InChI=1S/C27H24F4N2O2S2/c1-18-8-7-11-23-24(18)25(32-14-5-6-15-32)26(36-23)33(37(34,35)20-9-3-2-4-10-20)17-19-12-13-22(28)21(16-19)27(29,30)31/h2-4,7-13,16H,5-6,14-15,17H2,1H3. The third-order valence-corrected chi connectivity index (χ3v) is 9.57. The Morgan fingerprint density at radius 3 is 2.35 bits per heavy atom. The SMILES string of the molecule is Cc1cccc2sc(N(Cc3ccc(F)c(C(F)(F)F)c3)S(=O)(=O)c3ccccc3)c(N3CCCC3)c12. The first-order valence-corrected chi connectivity index (χ1v) is 14.0. The van der Waals surface area contributed by atoms with Crippen molar-refractivity contribution < 1.29 is 26.0 Å². The number of hydrogen-bond acceptors (Lipinski definition) is 4. The van der Waals surface area contributed by atoms with Gasteiger partial charge in [-0.1, -0.05) is 36.4 Å². The molecule has 1 aromatic heterocycles. The minimum Gasteiger partial charge on any atom is -0.369 e. The normalized spacial score (nSPS) is 14.5. The molecular weight excluding hydrogens is 524 g/mol. The molecule has 0 aliphatic carbocycles. The molecule has 1 fully saturated rings. The van der Waals surface area contributed by atoms with Crippen LogP contribution in [0.1, 0.15) is 29.5 Å². The van der Waals surface area contributed by atoms with E-state index in [2.05, 4.69) is 4.90 Å². The molecule has 37 heavy (non-hydrogen) atoms. The number of rotatable bonds is 6. The van der Waals surface area contributed by atoms with E-state index in [1.165, 1.54) is 33.8 Å². The number of alkyl halides is 3. The van der Waals surface area contributed by atoms with Crippen molar-refractivity contribution in [3.63, 3.8) is 0 Å². The summed E-state index contributed by atoms with van der Waals surface area (Å²) in [7, 11) is -4.18. The van der Waals surface area contributed by atoms with Crippen LogP contribution in [0.3, 0.4) is 0 Å². The summed E-state index contributed by atoms with van der Waals surface area (Å²) in [5.41, 5.74) is 0.372. The molecule has 1 aliphatic heterocycles. The largest absolute Gasteiger partial charge is 0.419 e. The highest BCUT2D eigenvalue weighted by Gasteiger charge is 2.36. The molecule has 0 spiro atoms. The summed E-state index contributed by atoms with van der Waals surface area (Å²) >= 11 is 1.30. The van der Waals surface area contributed by atoms with Crippen molar-refractivity contribution in [1.29, 1.82) is 0 Å². The summed E-state index contributed by atoms with van der Waals surface area (Å²) in [6.07, 6.45) is -2.99. The molecule has 3 aromatic carbocycles. The molecule has 10 heteroatoms. The third-order valence-electron chi connectivity index (χ3n) is 6.52. The molecule has 2 heterocycles. The number of halogens is 4. The lowest BCUT2D eigenvalue weighted by molar-refractivity contribution is -0.140. The molecular formula is C27H24F4N2O2S2. The average Bonchev–Trinajstić information content (AvgIpc) is 3.51. The van der Waals surface area contributed by atoms with E-state index >= 15 is 0 Å². The van der Waals surface area contributed by atoms with E-state index in [9.17, 15) is 26.0 Å². The topological polar surface area (TPSA) is 40.6 Å². The number of thiophene rings is 1. The quantitative estimate of drug-likeness (QED) is 0.236. The van der Waals surface area contributed by atoms with Gasteiger partial charge in [0.25, 0.3) is 10.0 Å². The Morgan fingerprint density at radius 1 is 0.973 bits per heavy atom. The number of hydrogen-bond donors (Lipinski definition) is 0. The second-order valence-electron chi connectivity index (χ2n) is 9.03. The van der Waals surface area contributed by atoms with Crippen molar-refractivity contribution in [2.45, 2.75) is 37.4 Å². The van der Waals surface area contributed by atoms with Gasteiger partial charge in [-0.05, 0) is 61.2 Å². The van der Waals surface area contributed by atoms with Crippen molar-refractivity contribution >= 4 is 42.1 Å². The van der Waals surface area contributed by atoms with Crippen LogP contribution in [0.5, 0.6) is 0 Å². The predicted molar refractivity (Wildman–Crippen MR) is 139 cm³/mol. The van der Waals surface area contributed by atoms with Crippen LogP contribution in [0.15, 0.2) is 71.6 Å². The second kappa shape index (κ2) is 9.64. The van der Waals surface area contributed by atoms with Crippen LogP contribution in [0.25, 0.3) is 10.1 Å². The van der Waals surface area contributed by atoms with E-state index in [0.717, 1.165) is 53.3 Å². The van der Waals surface area contributed by atoms with Gasteiger partial charge in [0.1, 0.15) is 10.8 Å². The van der Waals surface area contributed by atoms with Gasteiger partial charge >= 0.3 is 6.18 Å². The molecule has 0 unspecified atom stereocenters. The van der Waals surface area contributed by atoms with Crippen LogP contribution < -0.4 is 9.21 Å². The van der Waals surface area contributed by atoms with Crippen molar-refractivity contribution in [3.8, 4) is 0 Å². The van der Waals surface area contributed by atoms with Crippen molar-refractivity contribution in [3.05, 3.63) is 89.2 Å². The lowest BCUT2D eigenvalue weighted by atomic mass is 10.1. The van der Waals surface area contributed by atoms with Crippen molar-refractivity contribution in [1.82, 2.24) is 0 Å². The van der Waals surface area contributed by atoms with Crippen LogP contribution in [0, 0.1) is 12.7 Å². The molecule has 1 aliphatic rings. The van der Waals surface area contributed by atoms with Crippen LogP contribution in [-0.2, 0) is 22.7 Å². The molecule has 0 N–H and O–H groups in total. The lowest BCUT2D eigenvalue weighted by Crippen LogP contribution is -2.32. The third kappa shape index (κ3) is 4.80. The maximum Gasteiger partial charge on any atom is 0.419 e. The molecule has 0 saturated carbocycles. The zero-order chi connectivity index (χ0) is 26.4. The number of fused-ring (bicyclic) bond motifs is 1. The Kier molecular flexibility index (Phi) is 6.66. The van der Waals surface area contributed by atoms with E-state index in [0.29, 0.717) is 11.1 Å². The molecule has 4 aromatic rings. The summed E-state index contributed by atoms with van der Waals surface area (Å²) in [5.74, 6) is -1.40. The Hall–Kier alpha value is -3.11. The number of nitrogens with zero attached hydrogens (tertiary/aromatic N) is 2. The second-order valence-corrected chi connectivity index (χ2v) is 11.9. The zero-order valence-electron chi connectivity index (χ0n) is 19.9. The summed E-state index contributed by atoms with van der Waals surface area (Å²) in [6.45, 7) is 3.08. The zero-order valence-corrected chi connectivity index (χ0v) is 21.6. The number of aryl methyl sites for hydroxylation is 1. The molecule has 1 saturated heterocycles. The highest BCUT2D eigenvalue weighted by molar-refractivity contribution is 7.93. The van der Waals surface area contributed by atoms with Gasteiger partial charge in [-0.15, -0.1) is 11.3 Å². The van der Waals surface area contributed by atoms with Gasteiger partial charge in [0.15, 0.2) is 0 Å². The highest BCUT2D eigenvalue weighted by atomic mass is 32.2. The first-order chi connectivity index (χ1) is 17.6. The van der Waals surface area contributed by atoms with E-state index in [-0.39, 0.29) is 17.0 Å². The van der Waals surface area contributed by atoms with Gasteiger partial charge in [0.2, 0.25) is 0 Å². The predicted octanol–water partition coefficient (Wildman–Crippen LogP) is 7.36. The molecule has 4 nitrogen and oxygen atoms in total. The van der Waals surface area contributed by atoms with E-state index in [4.69, 9.17) is 0 Å². The van der Waals surface area contributed by atoms with Crippen LogP contribution in [-0.4, -0.2) is 21.5 Å². The van der Waals surface area contributed by atoms with E-state index in [1.54, 1.807) is 18.2 Å². The Bertz CT molecular complexity index is 1540. The van der Waals surface area contributed by atoms with Gasteiger partial charge in [0, 0.05) is 23.2 Å². The Balaban J connectivity index is 1.74. The number of sulfonamides is 1. The van der Waals surface area contributed by atoms with E-state index < -0.39 is 27.6 Å². The minimum atomic E-state index is -4.90. The number of anilines is 2. The maximum atomic E-state index is 14.0. The van der Waals surface area contributed by atoms with Crippen molar-refractivity contribution in [2.24, 2.45) is 0 Å². The maximum absolute atomic E-state index is 14.0. The minimum absolute atomic E-state index is 0.0229. The first-order valence-electron chi connectivity index (χ1n) is 11.8. The first kappa shape index (κ1) is 25.5. The molecule has 0 bridgehead atoms. The summed E-state index contributed by atoms with van der Waals surface area (Å²) < 4.78 is 84.5. The van der Waals surface area contributed by atoms with Gasteiger partial charge in [-0.2, -0.15) is 13.2 Å². The van der Waals surface area contributed by atoms with Gasteiger partial charge in [-0.3, -0.25) is 4.31 Å². The summed E-state index contributed by atoms with van der Waals surface area (Å²) in [6, 6.07) is 16.2. The molecule has 0 amide bonds. The van der Waals surface area contributed by atoms with Crippen LogP contribution in [0.2, 0.25) is 0 Å². The fraction of sp³-hybridized carbons (Fsp3) is 0.259. The fourth-order valence-electron chi connectivity index (χ4n) is 4.73. The molecule has 194 valence electrons. The monoisotopic (exact) mass is 548 g/mol. The van der Waals surface area contributed by atoms with Gasteiger partial charge in [0.05, 0.1) is 22.7 Å².